The van der Waals surface area contributed by atoms with Crippen LogP contribution in [0.25, 0.3) is 10.2 Å². The highest BCUT2D eigenvalue weighted by atomic mass is 35.5. The topological polar surface area (TPSA) is 54.9 Å². The fraction of sp³-hybridized carbons (Fsp3) is 0. The van der Waals surface area contributed by atoms with E-state index in [0.717, 1.165) is 0 Å². The van der Waals surface area contributed by atoms with Gasteiger partial charge in [-0.25, -0.2) is 9.37 Å². The Morgan fingerprint density at radius 1 is 1.30 bits per heavy atom. The van der Waals surface area contributed by atoms with Crippen molar-refractivity contribution in [2.24, 2.45) is 0 Å². The van der Waals surface area contributed by atoms with Crippen LogP contribution in [0.1, 0.15) is 10.5 Å². The van der Waals surface area contributed by atoms with Crippen molar-refractivity contribution in [1.82, 2.24) is 9.97 Å². The number of amides is 1. The average molecular weight is 308 g/mol. The summed E-state index contributed by atoms with van der Waals surface area (Å²) >= 11 is 6.99. The molecule has 0 fully saturated rings. The van der Waals surface area contributed by atoms with E-state index in [2.05, 4.69) is 15.3 Å². The van der Waals surface area contributed by atoms with Crippen molar-refractivity contribution >= 4 is 44.2 Å². The van der Waals surface area contributed by atoms with Gasteiger partial charge in [-0.05, 0) is 30.3 Å². The molecule has 0 saturated carbocycles. The third kappa shape index (κ3) is 2.61. The van der Waals surface area contributed by atoms with Crippen molar-refractivity contribution in [2.45, 2.75) is 0 Å². The first kappa shape index (κ1) is 13.0. The maximum atomic E-state index is 13.1. The van der Waals surface area contributed by atoms with Crippen LogP contribution >= 0.6 is 22.9 Å². The molecule has 0 unspecified atom stereocenters. The second kappa shape index (κ2) is 5.15. The molecule has 1 N–H and O–H groups in total. The number of anilines is 1. The highest BCUT2D eigenvalue weighted by Crippen LogP contribution is 2.26. The zero-order chi connectivity index (χ0) is 14.1. The number of aromatic nitrogens is 2. The molecule has 0 bridgehead atoms. The van der Waals surface area contributed by atoms with Gasteiger partial charge in [-0.3, -0.25) is 15.1 Å². The Balaban J connectivity index is 1.87. The Morgan fingerprint density at radius 2 is 2.15 bits per heavy atom. The maximum absolute atomic E-state index is 13.1. The third-order valence-electron chi connectivity index (χ3n) is 2.53. The number of hydrogen-bond donors (Lipinski definition) is 1. The summed E-state index contributed by atoms with van der Waals surface area (Å²) in [7, 11) is 0. The minimum atomic E-state index is -0.410. The zero-order valence-electron chi connectivity index (χ0n) is 9.93. The monoisotopic (exact) mass is 307 g/mol. The standard InChI is InChI=1S/C13H7ClFN3OS/c14-7-3-4-16-10(5-7)12(19)18-13-17-9-2-1-8(15)6-11(9)20-13/h1-6H,(H,17,18,19). The molecule has 0 aliphatic heterocycles. The number of fused-ring (bicyclic) bond motifs is 1. The van der Waals surface area contributed by atoms with Crippen LogP contribution in [-0.2, 0) is 0 Å². The van der Waals surface area contributed by atoms with Crippen molar-refractivity contribution < 1.29 is 9.18 Å². The van der Waals surface area contributed by atoms with Gasteiger partial charge in [0.05, 0.1) is 10.2 Å². The molecular weight excluding hydrogens is 301 g/mol. The van der Waals surface area contributed by atoms with E-state index in [1.807, 2.05) is 0 Å². The van der Waals surface area contributed by atoms with Gasteiger partial charge in [-0.2, -0.15) is 0 Å². The number of carbonyl (C=O) groups is 1. The Bertz CT molecular complexity index is 805. The van der Waals surface area contributed by atoms with Crippen molar-refractivity contribution in [3.63, 3.8) is 0 Å². The SMILES string of the molecule is O=C(Nc1nc2ccc(F)cc2s1)c1cc(Cl)ccn1. The van der Waals surface area contributed by atoms with E-state index in [4.69, 9.17) is 11.6 Å². The number of benzene rings is 1. The lowest BCUT2D eigenvalue weighted by molar-refractivity contribution is 0.102. The largest absolute Gasteiger partial charge is 0.296 e. The van der Waals surface area contributed by atoms with E-state index >= 15 is 0 Å². The molecular formula is C13H7ClFN3OS. The first-order valence-electron chi connectivity index (χ1n) is 5.61. The van der Waals surface area contributed by atoms with Crippen LogP contribution in [0.2, 0.25) is 5.02 Å². The van der Waals surface area contributed by atoms with Gasteiger partial charge in [0, 0.05) is 11.2 Å². The van der Waals surface area contributed by atoms with E-state index in [-0.39, 0.29) is 11.5 Å². The number of nitrogens with zero attached hydrogens (tertiary/aromatic N) is 2. The Labute approximate surface area is 122 Å². The number of halogens is 2. The highest BCUT2D eigenvalue weighted by molar-refractivity contribution is 7.22. The van der Waals surface area contributed by atoms with Gasteiger partial charge in [0.1, 0.15) is 11.5 Å². The second-order valence-corrected chi connectivity index (χ2v) is 5.41. The summed E-state index contributed by atoms with van der Waals surface area (Å²) in [6.07, 6.45) is 1.45. The molecule has 1 aromatic carbocycles. The van der Waals surface area contributed by atoms with E-state index in [9.17, 15) is 9.18 Å². The summed E-state index contributed by atoms with van der Waals surface area (Å²) in [5, 5.41) is 3.43. The molecule has 0 aliphatic rings. The lowest BCUT2D eigenvalue weighted by Crippen LogP contribution is -2.13. The molecule has 4 nitrogen and oxygen atoms in total. The summed E-state index contributed by atoms with van der Waals surface area (Å²) in [5.74, 6) is -0.748. The molecule has 2 heterocycles. The van der Waals surface area contributed by atoms with E-state index in [1.165, 1.54) is 35.7 Å². The minimum Gasteiger partial charge on any atom is -0.296 e. The summed E-state index contributed by atoms with van der Waals surface area (Å²) in [4.78, 5) is 20.1. The van der Waals surface area contributed by atoms with Gasteiger partial charge in [0.15, 0.2) is 5.13 Å². The van der Waals surface area contributed by atoms with Crippen LogP contribution < -0.4 is 5.32 Å². The second-order valence-electron chi connectivity index (χ2n) is 3.94. The van der Waals surface area contributed by atoms with Crippen molar-refractivity contribution in [1.29, 1.82) is 0 Å². The van der Waals surface area contributed by atoms with Crippen LogP contribution in [0.5, 0.6) is 0 Å². The van der Waals surface area contributed by atoms with E-state index in [1.54, 1.807) is 12.1 Å². The summed E-state index contributed by atoms with van der Waals surface area (Å²) in [5.41, 5.74) is 0.827. The molecule has 7 heteroatoms. The average Bonchev–Trinajstić information content (AvgIpc) is 2.80. The number of nitrogens with one attached hydrogen (secondary N) is 1. The molecule has 2 aromatic heterocycles. The molecule has 0 atom stereocenters. The van der Waals surface area contributed by atoms with Gasteiger partial charge in [-0.15, -0.1) is 0 Å². The van der Waals surface area contributed by atoms with Gasteiger partial charge >= 0.3 is 0 Å². The smallest absolute Gasteiger partial charge is 0.276 e. The third-order valence-corrected chi connectivity index (χ3v) is 3.69. The van der Waals surface area contributed by atoms with Crippen LogP contribution in [0, 0.1) is 5.82 Å². The summed E-state index contributed by atoms with van der Waals surface area (Å²) in [6.45, 7) is 0. The van der Waals surface area contributed by atoms with Gasteiger partial charge < -0.3 is 0 Å². The summed E-state index contributed by atoms with van der Waals surface area (Å²) in [6, 6.07) is 7.31. The van der Waals surface area contributed by atoms with Crippen LogP contribution in [0.4, 0.5) is 9.52 Å². The van der Waals surface area contributed by atoms with Crippen molar-refractivity contribution in [3.05, 3.63) is 53.1 Å². The molecule has 1 amide bonds. The number of rotatable bonds is 2. The normalized spacial score (nSPS) is 10.7. The molecule has 0 aliphatic carbocycles. The molecule has 0 spiro atoms. The fourth-order valence-electron chi connectivity index (χ4n) is 1.64. The maximum Gasteiger partial charge on any atom is 0.276 e. The van der Waals surface area contributed by atoms with Crippen LogP contribution in [-0.4, -0.2) is 15.9 Å². The first-order valence-corrected chi connectivity index (χ1v) is 6.80. The molecule has 0 radical (unpaired) electrons. The number of pyridine rings is 1. The first-order chi connectivity index (χ1) is 9.61. The number of hydrogen-bond acceptors (Lipinski definition) is 4. The number of thiazole rings is 1. The number of carbonyl (C=O) groups excluding carboxylic acids is 1. The minimum absolute atomic E-state index is 0.197. The van der Waals surface area contributed by atoms with E-state index in [0.29, 0.717) is 20.4 Å². The Morgan fingerprint density at radius 3 is 2.95 bits per heavy atom. The van der Waals surface area contributed by atoms with Crippen LogP contribution in [0.15, 0.2) is 36.5 Å². The predicted molar refractivity (Wildman–Crippen MR) is 76.8 cm³/mol. The van der Waals surface area contributed by atoms with E-state index < -0.39 is 5.91 Å². The highest BCUT2D eigenvalue weighted by Gasteiger charge is 2.11. The lowest BCUT2D eigenvalue weighted by atomic mass is 10.3. The Hall–Kier alpha value is -2.05. The van der Waals surface area contributed by atoms with Gasteiger partial charge in [-0.1, -0.05) is 22.9 Å². The fourth-order valence-corrected chi connectivity index (χ4v) is 2.69. The van der Waals surface area contributed by atoms with Gasteiger partial charge in [0.2, 0.25) is 0 Å². The molecule has 20 heavy (non-hydrogen) atoms. The van der Waals surface area contributed by atoms with Crippen molar-refractivity contribution in [2.75, 3.05) is 5.32 Å². The molecule has 3 rings (SSSR count). The molecule has 0 saturated heterocycles. The summed E-state index contributed by atoms with van der Waals surface area (Å²) < 4.78 is 13.8. The van der Waals surface area contributed by atoms with Crippen molar-refractivity contribution in [3.8, 4) is 0 Å². The predicted octanol–water partition coefficient (Wildman–Crippen LogP) is 3.74. The Kier molecular flexibility index (Phi) is 3.33. The van der Waals surface area contributed by atoms with Crippen LogP contribution in [0.3, 0.4) is 0 Å². The molecule has 3 aromatic rings. The quantitative estimate of drug-likeness (QED) is 0.784. The lowest BCUT2D eigenvalue weighted by Gasteiger charge is -2.00. The zero-order valence-corrected chi connectivity index (χ0v) is 11.5. The molecule has 100 valence electrons. The van der Waals surface area contributed by atoms with Gasteiger partial charge in [0.25, 0.3) is 5.91 Å².